The number of aromatic hydroxyl groups is 1. The molecule has 0 fully saturated rings. The lowest BCUT2D eigenvalue weighted by molar-refractivity contribution is 0.0699. The third-order valence-corrected chi connectivity index (χ3v) is 4.31. The second kappa shape index (κ2) is 6.45. The van der Waals surface area contributed by atoms with Gasteiger partial charge in [0.05, 0.1) is 29.4 Å². The van der Waals surface area contributed by atoms with Gasteiger partial charge in [0, 0.05) is 11.1 Å². The van der Waals surface area contributed by atoms with Crippen molar-refractivity contribution in [1.29, 1.82) is 0 Å². The van der Waals surface area contributed by atoms with E-state index in [2.05, 4.69) is 15.2 Å². The highest BCUT2D eigenvalue weighted by Crippen LogP contribution is 2.34. The van der Waals surface area contributed by atoms with Crippen LogP contribution in [0.3, 0.4) is 0 Å². The number of phenols is 1. The molecule has 2 heterocycles. The minimum atomic E-state index is -1.10. The standard InChI is InChI=1S/C20H15N3O4/c1-27-12-8-6-11(7-9-12)18-17-14(20(25)26)10-15(21-19(17)23-22-18)13-4-2-3-5-16(13)24/h2-10,24H,1H3,(H,25,26)(H,21,22,23). The number of para-hydroxylation sites is 1. The summed E-state index contributed by atoms with van der Waals surface area (Å²) in [5.41, 5.74) is 2.41. The van der Waals surface area contributed by atoms with Gasteiger partial charge in [0.1, 0.15) is 11.5 Å². The number of carboxylic acids is 1. The second-order valence-corrected chi connectivity index (χ2v) is 5.90. The van der Waals surface area contributed by atoms with Gasteiger partial charge < -0.3 is 14.9 Å². The number of ether oxygens (including phenoxy) is 1. The maximum atomic E-state index is 11.9. The van der Waals surface area contributed by atoms with Crippen LogP contribution in [0.1, 0.15) is 10.4 Å². The SMILES string of the molecule is COc1ccc(-c2[nH]nc3nc(-c4ccccc4O)cc(C(=O)O)c23)cc1. The van der Waals surface area contributed by atoms with E-state index >= 15 is 0 Å². The fraction of sp³-hybridized carbons (Fsp3) is 0.0500. The molecule has 0 amide bonds. The maximum absolute atomic E-state index is 11.9. The number of nitrogens with one attached hydrogen (secondary N) is 1. The zero-order valence-corrected chi connectivity index (χ0v) is 14.3. The molecule has 0 aliphatic rings. The van der Waals surface area contributed by atoms with Crippen molar-refractivity contribution >= 4 is 17.0 Å². The Morgan fingerprint density at radius 2 is 1.85 bits per heavy atom. The van der Waals surface area contributed by atoms with E-state index in [1.54, 1.807) is 37.4 Å². The fourth-order valence-corrected chi connectivity index (χ4v) is 2.99. The van der Waals surface area contributed by atoms with Gasteiger partial charge >= 0.3 is 5.97 Å². The Bertz CT molecular complexity index is 1150. The van der Waals surface area contributed by atoms with E-state index < -0.39 is 5.97 Å². The van der Waals surface area contributed by atoms with E-state index in [0.29, 0.717) is 28.1 Å². The molecule has 7 nitrogen and oxygen atoms in total. The van der Waals surface area contributed by atoms with Crippen molar-refractivity contribution < 1.29 is 19.7 Å². The molecular weight excluding hydrogens is 346 g/mol. The van der Waals surface area contributed by atoms with Crippen molar-refractivity contribution in [1.82, 2.24) is 15.2 Å². The molecule has 0 atom stereocenters. The number of hydrogen-bond acceptors (Lipinski definition) is 5. The second-order valence-electron chi connectivity index (χ2n) is 5.90. The van der Waals surface area contributed by atoms with Gasteiger partial charge in [-0.05, 0) is 42.5 Å². The van der Waals surface area contributed by atoms with E-state index in [9.17, 15) is 15.0 Å². The van der Waals surface area contributed by atoms with Crippen molar-refractivity contribution in [3.63, 3.8) is 0 Å². The molecule has 0 saturated carbocycles. The van der Waals surface area contributed by atoms with Gasteiger partial charge in [-0.15, -0.1) is 0 Å². The number of aromatic amines is 1. The van der Waals surface area contributed by atoms with E-state index in [-0.39, 0.29) is 17.0 Å². The van der Waals surface area contributed by atoms with Crippen LogP contribution in [0.25, 0.3) is 33.5 Å². The molecule has 0 saturated heterocycles. The Hall–Kier alpha value is -3.87. The molecular formula is C20H15N3O4. The van der Waals surface area contributed by atoms with E-state index in [4.69, 9.17) is 4.74 Å². The van der Waals surface area contributed by atoms with Crippen LogP contribution in [-0.4, -0.2) is 38.5 Å². The molecule has 2 aromatic heterocycles. The summed E-state index contributed by atoms with van der Waals surface area (Å²) in [6.45, 7) is 0. The number of aromatic nitrogens is 3. The normalized spacial score (nSPS) is 10.9. The number of rotatable bonds is 4. The van der Waals surface area contributed by atoms with Gasteiger partial charge in [-0.1, -0.05) is 12.1 Å². The number of phenolic OH excluding ortho intramolecular Hbond substituents is 1. The van der Waals surface area contributed by atoms with Crippen molar-refractivity contribution in [2.75, 3.05) is 7.11 Å². The van der Waals surface area contributed by atoms with Gasteiger partial charge in [-0.3, -0.25) is 5.10 Å². The lowest BCUT2D eigenvalue weighted by Gasteiger charge is -2.07. The van der Waals surface area contributed by atoms with E-state index in [0.717, 1.165) is 5.56 Å². The van der Waals surface area contributed by atoms with Gasteiger partial charge in [-0.25, -0.2) is 9.78 Å². The number of carboxylic acid groups (broad SMARTS) is 1. The number of pyridine rings is 1. The summed E-state index contributed by atoms with van der Waals surface area (Å²) in [6.07, 6.45) is 0. The molecule has 0 radical (unpaired) electrons. The molecule has 2 aromatic carbocycles. The molecule has 4 rings (SSSR count). The zero-order chi connectivity index (χ0) is 19.0. The summed E-state index contributed by atoms with van der Waals surface area (Å²) in [7, 11) is 1.58. The Kier molecular flexibility index (Phi) is 3.97. The summed E-state index contributed by atoms with van der Waals surface area (Å²) < 4.78 is 5.16. The molecule has 0 aliphatic carbocycles. The molecule has 134 valence electrons. The molecule has 4 aromatic rings. The van der Waals surface area contributed by atoms with Crippen LogP contribution in [-0.2, 0) is 0 Å². The maximum Gasteiger partial charge on any atom is 0.336 e. The van der Waals surface area contributed by atoms with Crippen molar-refractivity contribution in [2.45, 2.75) is 0 Å². The van der Waals surface area contributed by atoms with Crippen LogP contribution in [0.15, 0.2) is 54.6 Å². The molecule has 0 aliphatic heterocycles. The van der Waals surface area contributed by atoms with Crippen LogP contribution < -0.4 is 4.74 Å². The minimum absolute atomic E-state index is 0.0200. The smallest absolute Gasteiger partial charge is 0.336 e. The Morgan fingerprint density at radius 3 is 2.52 bits per heavy atom. The molecule has 3 N–H and O–H groups in total. The van der Waals surface area contributed by atoms with E-state index in [1.807, 2.05) is 12.1 Å². The quantitative estimate of drug-likeness (QED) is 0.511. The lowest BCUT2D eigenvalue weighted by atomic mass is 10.0. The average Bonchev–Trinajstić information content (AvgIpc) is 3.11. The fourth-order valence-electron chi connectivity index (χ4n) is 2.99. The van der Waals surface area contributed by atoms with Crippen molar-refractivity contribution in [3.05, 3.63) is 60.2 Å². The summed E-state index contributed by atoms with van der Waals surface area (Å²) in [5, 5.41) is 27.3. The zero-order valence-electron chi connectivity index (χ0n) is 14.3. The topological polar surface area (TPSA) is 108 Å². The van der Waals surface area contributed by atoms with Gasteiger partial charge in [0.2, 0.25) is 0 Å². The summed E-state index contributed by atoms with van der Waals surface area (Å²) in [4.78, 5) is 16.4. The molecule has 27 heavy (non-hydrogen) atoms. The van der Waals surface area contributed by atoms with Crippen molar-refractivity contribution in [2.24, 2.45) is 0 Å². The molecule has 0 bridgehead atoms. The summed E-state index contributed by atoms with van der Waals surface area (Å²) >= 11 is 0. The monoisotopic (exact) mass is 361 g/mol. The molecule has 7 heteroatoms. The Balaban J connectivity index is 1.94. The Labute approximate surface area is 153 Å². The van der Waals surface area contributed by atoms with Crippen molar-refractivity contribution in [3.8, 4) is 34.0 Å². The van der Waals surface area contributed by atoms with Gasteiger partial charge in [0.25, 0.3) is 0 Å². The summed E-state index contributed by atoms with van der Waals surface area (Å²) in [6, 6.07) is 15.3. The summed E-state index contributed by atoms with van der Waals surface area (Å²) in [5.74, 6) is -0.386. The number of methoxy groups -OCH3 is 1. The third-order valence-electron chi connectivity index (χ3n) is 4.31. The largest absolute Gasteiger partial charge is 0.507 e. The average molecular weight is 361 g/mol. The highest BCUT2D eigenvalue weighted by molar-refractivity contribution is 6.08. The first-order valence-electron chi connectivity index (χ1n) is 8.13. The first-order valence-corrected chi connectivity index (χ1v) is 8.13. The number of nitrogens with zero attached hydrogens (tertiary/aromatic N) is 2. The first-order chi connectivity index (χ1) is 13.1. The molecule has 0 unspecified atom stereocenters. The number of benzene rings is 2. The Morgan fingerprint density at radius 1 is 1.11 bits per heavy atom. The van der Waals surface area contributed by atoms with Crippen LogP contribution in [0.2, 0.25) is 0 Å². The van der Waals surface area contributed by atoms with Crippen LogP contribution in [0, 0.1) is 0 Å². The molecule has 0 spiro atoms. The number of aromatic carboxylic acids is 1. The number of hydrogen-bond donors (Lipinski definition) is 3. The van der Waals surface area contributed by atoms with Crippen LogP contribution in [0.4, 0.5) is 0 Å². The van der Waals surface area contributed by atoms with Crippen LogP contribution >= 0.6 is 0 Å². The highest BCUT2D eigenvalue weighted by atomic mass is 16.5. The lowest BCUT2D eigenvalue weighted by Crippen LogP contribution is -2.00. The first kappa shape index (κ1) is 16.6. The van der Waals surface area contributed by atoms with Gasteiger partial charge in [0.15, 0.2) is 5.65 Å². The minimum Gasteiger partial charge on any atom is -0.507 e. The van der Waals surface area contributed by atoms with E-state index in [1.165, 1.54) is 12.1 Å². The van der Waals surface area contributed by atoms with Gasteiger partial charge in [-0.2, -0.15) is 5.10 Å². The number of fused-ring (bicyclic) bond motifs is 1. The predicted octanol–water partition coefficient (Wildman–Crippen LogP) is 3.70. The highest BCUT2D eigenvalue weighted by Gasteiger charge is 2.20. The third kappa shape index (κ3) is 2.85. The number of carbonyl (C=O) groups is 1. The number of H-pyrrole nitrogens is 1. The predicted molar refractivity (Wildman–Crippen MR) is 99.9 cm³/mol. The van der Waals surface area contributed by atoms with Crippen LogP contribution in [0.5, 0.6) is 11.5 Å².